The summed E-state index contributed by atoms with van der Waals surface area (Å²) < 4.78 is 26.5. The topological polar surface area (TPSA) is 57.7 Å². The van der Waals surface area contributed by atoms with E-state index in [1.165, 1.54) is 4.90 Å². The van der Waals surface area contributed by atoms with E-state index in [1.807, 2.05) is 38.1 Å². The molecule has 0 heterocycles. The van der Waals surface area contributed by atoms with Crippen molar-refractivity contribution < 1.29 is 13.2 Å². The number of rotatable bonds is 6. The van der Waals surface area contributed by atoms with Crippen molar-refractivity contribution in [2.75, 3.05) is 24.2 Å². The number of nitrogens with zero attached hydrogens (tertiary/aromatic N) is 2. The summed E-state index contributed by atoms with van der Waals surface area (Å²) in [6.07, 6.45) is 1.11. The lowest BCUT2D eigenvalue weighted by molar-refractivity contribution is -0.128. The molecule has 0 aliphatic rings. The largest absolute Gasteiger partial charge is 0.340 e. The van der Waals surface area contributed by atoms with E-state index in [-0.39, 0.29) is 12.5 Å². The minimum absolute atomic E-state index is 0.234. The monoisotopic (exact) mass is 438 g/mol. The van der Waals surface area contributed by atoms with E-state index < -0.39 is 10.0 Å². The Balaban J connectivity index is 2.18. The number of hydrogen-bond acceptors (Lipinski definition) is 3. The summed E-state index contributed by atoms with van der Waals surface area (Å²) in [5.74, 6) is -0.267. The second kappa shape index (κ2) is 8.22. The number of halogens is 1. The summed E-state index contributed by atoms with van der Waals surface area (Å²) in [5.41, 5.74) is 3.52. The van der Waals surface area contributed by atoms with E-state index >= 15 is 0 Å². The maximum atomic E-state index is 12.6. The van der Waals surface area contributed by atoms with Gasteiger partial charge in [-0.15, -0.1) is 0 Å². The van der Waals surface area contributed by atoms with Crippen LogP contribution in [0.4, 0.5) is 5.69 Å². The van der Waals surface area contributed by atoms with Crippen LogP contribution in [0.5, 0.6) is 0 Å². The molecule has 0 saturated carbocycles. The fourth-order valence-electron chi connectivity index (χ4n) is 2.48. The van der Waals surface area contributed by atoms with E-state index in [4.69, 9.17) is 0 Å². The van der Waals surface area contributed by atoms with Crippen molar-refractivity contribution in [2.24, 2.45) is 0 Å². The highest BCUT2D eigenvalue weighted by Gasteiger charge is 2.23. The maximum absolute atomic E-state index is 12.6. The minimum Gasteiger partial charge on any atom is -0.340 e. The quantitative estimate of drug-likeness (QED) is 0.693. The van der Waals surface area contributed by atoms with Gasteiger partial charge in [-0.25, -0.2) is 8.42 Å². The number of carbonyl (C=O) groups is 1. The highest BCUT2D eigenvalue weighted by Crippen LogP contribution is 2.24. The maximum Gasteiger partial charge on any atom is 0.243 e. The Kier molecular flexibility index (Phi) is 6.47. The van der Waals surface area contributed by atoms with E-state index in [9.17, 15) is 13.2 Å². The summed E-state index contributed by atoms with van der Waals surface area (Å²) in [7, 11) is -1.91. The van der Waals surface area contributed by atoms with Crippen molar-refractivity contribution in [2.45, 2.75) is 20.4 Å². The van der Waals surface area contributed by atoms with Crippen molar-refractivity contribution in [3.8, 4) is 0 Å². The zero-order chi connectivity index (χ0) is 19.5. The van der Waals surface area contributed by atoms with Crippen LogP contribution in [-0.2, 0) is 21.4 Å². The summed E-state index contributed by atoms with van der Waals surface area (Å²) in [4.78, 5) is 14.1. The van der Waals surface area contributed by atoms with Crippen LogP contribution in [0, 0.1) is 13.8 Å². The lowest BCUT2D eigenvalue weighted by Crippen LogP contribution is -2.41. The summed E-state index contributed by atoms with van der Waals surface area (Å²) in [6, 6.07) is 13.1. The SMILES string of the molecule is Cc1ccc(CN(C)C(=O)CN(c2ccc(Br)c(C)c2)S(C)(=O)=O)cc1. The van der Waals surface area contributed by atoms with Crippen molar-refractivity contribution in [1.82, 2.24) is 4.90 Å². The van der Waals surface area contributed by atoms with Crippen LogP contribution in [0.3, 0.4) is 0 Å². The molecule has 0 radical (unpaired) electrons. The fourth-order valence-corrected chi connectivity index (χ4v) is 3.57. The summed E-state index contributed by atoms with van der Waals surface area (Å²) in [5, 5.41) is 0. The Morgan fingerprint density at radius 3 is 2.23 bits per heavy atom. The van der Waals surface area contributed by atoms with Crippen molar-refractivity contribution in [1.29, 1.82) is 0 Å². The van der Waals surface area contributed by atoms with Gasteiger partial charge in [0.2, 0.25) is 15.9 Å². The molecule has 140 valence electrons. The van der Waals surface area contributed by atoms with Gasteiger partial charge in [-0.05, 0) is 43.2 Å². The zero-order valence-electron chi connectivity index (χ0n) is 15.4. The van der Waals surface area contributed by atoms with Crippen LogP contribution in [0.1, 0.15) is 16.7 Å². The molecule has 0 atom stereocenters. The molecule has 1 amide bonds. The lowest BCUT2D eigenvalue weighted by Gasteiger charge is -2.25. The Bertz CT molecular complexity index is 896. The molecule has 7 heteroatoms. The van der Waals surface area contributed by atoms with Crippen molar-refractivity contribution in [3.63, 3.8) is 0 Å². The molecule has 0 bridgehead atoms. The van der Waals surface area contributed by atoms with Crippen molar-refractivity contribution >= 4 is 37.5 Å². The molecule has 5 nitrogen and oxygen atoms in total. The molecule has 26 heavy (non-hydrogen) atoms. The molecule has 0 saturated heterocycles. The smallest absolute Gasteiger partial charge is 0.243 e. The van der Waals surface area contributed by atoms with Gasteiger partial charge >= 0.3 is 0 Å². The molecule has 0 N–H and O–H groups in total. The standard InChI is InChI=1S/C19H23BrN2O3S/c1-14-5-7-16(8-6-14)12-21(3)19(23)13-22(26(4,24)25)17-9-10-18(20)15(2)11-17/h5-11H,12-13H2,1-4H3. The first kappa shape index (κ1) is 20.5. The van der Waals surface area contributed by atoms with Gasteiger partial charge in [0, 0.05) is 18.1 Å². The van der Waals surface area contributed by atoms with Gasteiger partial charge in [-0.1, -0.05) is 45.8 Å². The van der Waals surface area contributed by atoms with Crippen LogP contribution in [-0.4, -0.2) is 39.1 Å². The molecule has 2 aromatic carbocycles. The van der Waals surface area contributed by atoms with Gasteiger partial charge in [0.15, 0.2) is 0 Å². The number of likely N-dealkylation sites (N-methyl/N-ethyl adjacent to an activating group) is 1. The average molecular weight is 439 g/mol. The zero-order valence-corrected chi connectivity index (χ0v) is 17.8. The predicted octanol–water partition coefficient (Wildman–Crippen LogP) is 3.49. The van der Waals surface area contributed by atoms with E-state index in [0.29, 0.717) is 12.2 Å². The first-order valence-corrected chi connectivity index (χ1v) is 10.8. The van der Waals surface area contributed by atoms with Crippen LogP contribution in [0.25, 0.3) is 0 Å². The van der Waals surface area contributed by atoms with Crippen LogP contribution < -0.4 is 4.31 Å². The average Bonchev–Trinajstić information content (AvgIpc) is 2.56. The number of hydrogen-bond donors (Lipinski definition) is 0. The Morgan fingerprint density at radius 2 is 1.69 bits per heavy atom. The number of anilines is 1. The lowest BCUT2D eigenvalue weighted by atomic mass is 10.1. The number of amides is 1. The Morgan fingerprint density at radius 1 is 1.08 bits per heavy atom. The number of sulfonamides is 1. The highest BCUT2D eigenvalue weighted by atomic mass is 79.9. The Labute approximate surface area is 163 Å². The Hall–Kier alpha value is -1.86. The van der Waals surface area contributed by atoms with Crippen LogP contribution in [0.15, 0.2) is 46.9 Å². The molecular weight excluding hydrogens is 416 g/mol. The third kappa shape index (κ3) is 5.32. The van der Waals surface area contributed by atoms with E-state index in [0.717, 1.165) is 31.7 Å². The number of benzene rings is 2. The van der Waals surface area contributed by atoms with Gasteiger partial charge in [0.05, 0.1) is 11.9 Å². The molecule has 2 rings (SSSR count). The summed E-state index contributed by atoms with van der Waals surface area (Å²) in [6.45, 7) is 4.07. The van der Waals surface area contributed by atoms with Gasteiger partial charge in [0.25, 0.3) is 0 Å². The molecule has 0 spiro atoms. The first-order chi connectivity index (χ1) is 12.1. The molecular formula is C19H23BrN2O3S. The van der Waals surface area contributed by atoms with Crippen LogP contribution >= 0.6 is 15.9 Å². The van der Waals surface area contributed by atoms with Gasteiger partial charge < -0.3 is 4.90 Å². The molecule has 0 aliphatic heterocycles. The molecule has 0 aromatic heterocycles. The fraction of sp³-hybridized carbons (Fsp3) is 0.316. The minimum atomic E-state index is -3.58. The van der Waals surface area contributed by atoms with E-state index in [2.05, 4.69) is 15.9 Å². The molecule has 2 aromatic rings. The molecule has 0 aliphatic carbocycles. The normalized spacial score (nSPS) is 11.3. The third-order valence-corrected chi connectivity index (χ3v) is 6.11. The van der Waals surface area contributed by atoms with Gasteiger partial charge in [-0.2, -0.15) is 0 Å². The highest BCUT2D eigenvalue weighted by molar-refractivity contribution is 9.10. The van der Waals surface area contributed by atoms with Gasteiger partial charge in [0.1, 0.15) is 6.54 Å². The summed E-state index contributed by atoms with van der Waals surface area (Å²) >= 11 is 3.40. The predicted molar refractivity (Wildman–Crippen MR) is 109 cm³/mol. The van der Waals surface area contributed by atoms with Gasteiger partial charge in [-0.3, -0.25) is 9.10 Å². The molecule has 0 fully saturated rings. The van der Waals surface area contributed by atoms with E-state index in [1.54, 1.807) is 25.2 Å². The number of aryl methyl sites for hydroxylation is 2. The molecule has 0 unspecified atom stereocenters. The first-order valence-electron chi connectivity index (χ1n) is 8.11. The second-order valence-electron chi connectivity index (χ2n) is 6.44. The van der Waals surface area contributed by atoms with Crippen LogP contribution in [0.2, 0.25) is 0 Å². The second-order valence-corrected chi connectivity index (χ2v) is 9.20. The number of carbonyl (C=O) groups excluding carboxylic acids is 1. The third-order valence-electron chi connectivity index (χ3n) is 4.07. The van der Waals surface area contributed by atoms with Crippen molar-refractivity contribution in [3.05, 3.63) is 63.6 Å².